The number of hydrogen-bond donors (Lipinski definition) is 1. The van der Waals surface area contributed by atoms with E-state index in [0.29, 0.717) is 6.04 Å². The zero-order valence-corrected chi connectivity index (χ0v) is 9.91. The van der Waals surface area contributed by atoms with Gasteiger partial charge in [0.05, 0.1) is 11.6 Å². The molecule has 2 rings (SSSR count). The predicted octanol–water partition coefficient (Wildman–Crippen LogP) is 1.88. The maximum Gasteiger partial charge on any atom is 0.0794 e. The Morgan fingerprint density at radius 2 is 2.33 bits per heavy atom. The van der Waals surface area contributed by atoms with E-state index in [9.17, 15) is 5.11 Å². The second-order valence-corrected chi connectivity index (χ2v) is 5.27. The van der Waals surface area contributed by atoms with Gasteiger partial charge in [0.1, 0.15) is 0 Å². The molecule has 15 heavy (non-hydrogen) atoms. The van der Waals surface area contributed by atoms with Gasteiger partial charge in [-0.1, -0.05) is 12.8 Å². The van der Waals surface area contributed by atoms with Crippen molar-refractivity contribution in [1.29, 1.82) is 0 Å². The SMILES string of the molecule is CN(Cc1cncs1)C1CCCCC1O. The van der Waals surface area contributed by atoms with Crippen LogP contribution >= 0.6 is 11.3 Å². The first-order valence-corrected chi connectivity index (χ1v) is 6.41. The molecule has 2 unspecified atom stereocenters. The Labute approximate surface area is 94.8 Å². The Hall–Kier alpha value is -0.450. The molecule has 0 amide bonds. The molecule has 0 radical (unpaired) electrons. The fraction of sp³-hybridized carbons (Fsp3) is 0.727. The fourth-order valence-electron chi connectivity index (χ4n) is 2.29. The molecule has 84 valence electrons. The molecule has 0 bridgehead atoms. The lowest BCUT2D eigenvalue weighted by molar-refractivity contribution is 0.0292. The molecular weight excluding hydrogens is 208 g/mol. The number of rotatable bonds is 3. The quantitative estimate of drug-likeness (QED) is 0.855. The van der Waals surface area contributed by atoms with Crippen molar-refractivity contribution in [3.05, 3.63) is 16.6 Å². The molecule has 1 fully saturated rings. The van der Waals surface area contributed by atoms with Gasteiger partial charge >= 0.3 is 0 Å². The van der Waals surface area contributed by atoms with E-state index < -0.39 is 0 Å². The van der Waals surface area contributed by atoms with Crippen molar-refractivity contribution >= 4 is 11.3 Å². The lowest BCUT2D eigenvalue weighted by atomic mass is 9.91. The number of likely N-dealkylation sites (N-methyl/N-ethyl adjacent to an activating group) is 1. The predicted molar refractivity (Wildman–Crippen MR) is 61.8 cm³/mol. The molecule has 0 spiro atoms. The van der Waals surface area contributed by atoms with Crippen LogP contribution in [-0.4, -0.2) is 34.2 Å². The summed E-state index contributed by atoms with van der Waals surface area (Å²) in [4.78, 5) is 7.60. The Bertz CT molecular complexity index is 289. The van der Waals surface area contributed by atoms with E-state index in [-0.39, 0.29) is 6.10 Å². The fourth-order valence-corrected chi connectivity index (χ4v) is 2.95. The summed E-state index contributed by atoms with van der Waals surface area (Å²) in [7, 11) is 2.10. The van der Waals surface area contributed by atoms with Crippen molar-refractivity contribution in [2.24, 2.45) is 0 Å². The molecule has 1 aromatic heterocycles. The molecule has 3 nitrogen and oxygen atoms in total. The summed E-state index contributed by atoms with van der Waals surface area (Å²) >= 11 is 1.68. The summed E-state index contributed by atoms with van der Waals surface area (Å²) in [6.45, 7) is 0.909. The molecule has 1 heterocycles. The van der Waals surface area contributed by atoms with Gasteiger partial charge in [-0.05, 0) is 19.9 Å². The number of thiazole rings is 1. The molecule has 1 aliphatic rings. The van der Waals surface area contributed by atoms with Crippen molar-refractivity contribution in [3.8, 4) is 0 Å². The minimum absolute atomic E-state index is 0.142. The maximum atomic E-state index is 9.91. The summed E-state index contributed by atoms with van der Waals surface area (Å²) in [5.74, 6) is 0. The molecule has 2 atom stereocenters. The van der Waals surface area contributed by atoms with Crippen LogP contribution in [-0.2, 0) is 6.54 Å². The molecule has 0 aromatic carbocycles. The Balaban J connectivity index is 1.91. The van der Waals surface area contributed by atoms with Gasteiger partial charge in [0, 0.05) is 23.7 Å². The molecular formula is C11H18N2OS. The van der Waals surface area contributed by atoms with Gasteiger partial charge in [0.2, 0.25) is 0 Å². The van der Waals surface area contributed by atoms with E-state index in [1.54, 1.807) is 11.3 Å². The van der Waals surface area contributed by atoms with Crippen LogP contribution in [0.2, 0.25) is 0 Å². The molecule has 0 aliphatic heterocycles. The first-order chi connectivity index (χ1) is 7.27. The van der Waals surface area contributed by atoms with Crippen LogP contribution in [0.4, 0.5) is 0 Å². The largest absolute Gasteiger partial charge is 0.391 e. The molecule has 1 saturated carbocycles. The summed E-state index contributed by atoms with van der Waals surface area (Å²) in [5, 5.41) is 9.91. The standard InChI is InChI=1S/C11H18N2OS/c1-13(7-9-6-12-8-15-9)10-4-2-3-5-11(10)14/h6,8,10-11,14H,2-5,7H2,1H3. The van der Waals surface area contributed by atoms with Crippen LogP contribution in [0.3, 0.4) is 0 Å². The first-order valence-electron chi connectivity index (χ1n) is 5.53. The van der Waals surface area contributed by atoms with Crippen molar-refractivity contribution in [2.75, 3.05) is 7.05 Å². The van der Waals surface area contributed by atoms with Gasteiger partial charge in [-0.15, -0.1) is 11.3 Å². The van der Waals surface area contributed by atoms with Gasteiger partial charge in [0.25, 0.3) is 0 Å². The van der Waals surface area contributed by atoms with Crippen molar-refractivity contribution in [3.63, 3.8) is 0 Å². The van der Waals surface area contributed by atoms with Crippen molar-refractivity contribution in [2.45, 2.75) is 44.4 Å². The second-order valence-electron chi connectivity index (χ2n) is 4.30. The van der Waals surface area contributed by atoms with Gasteiger partial charge < -0.3 is 5.11 Å². The van der Waals surface area contributed by atoms with Gasteiger partial charge in [-0.2, -0.15) is 0 Å². The highest BCUT2D eigenvalue weighted by Gasteiger charge is 2.26. The number of aromatic nitrogens is 1. The number of hydrogen-bond acceptors (Lipinski definition) is 4. The van der Waals surface area contributed by atoms with Crippen LogP contribution in [0, 0.1) is 0 Å². The van der Waals surface area contributed by atoms with Crippen molar-refractivity contribution < 1.29 is 5.11 Å². The zero-order valence-electron chi connectivity index (χ0n) is 9.09. The molecule has 0 saturated heterocycles. The lowest BCUT2D eigenvalue weighted by Gasteiger charge is -2.34. The van der Waals surface area contributed by atoms with Crippen molar-refractivity contribution in [1.82, 2.24) is 9.88 Å². The van der Waals surface area contributed by atoms with Crippen LogP contribution in [0.15, 0.2) is 11.7 Å². The number of aliphatic hydroxyl groups excluding tert-OH is 1. The van der Waals surface area contributed by atoms with Gasteiger partial charge in [0.15, 0.2) is 0 Å². The highest BCUT2D eigenvalue weighted by molar-refractivity contribution is 7.09. The maximum absolute atomic E-state index is 9.91. The summed E-state index contributed by atoms with van der Waals surface area (Å²) in [6, 6.07) is 0.334. The first kappa shape index (κ1) is 11.0. The average molecular weight is 226 g/mol. The van der Waals surface area contributed by atoms with E-state index in [4.69, 9.17) is 0 Å². The average Bonchev–Trinajstić information content (AvgIpc) is 2.71. The lowest BCUT2D eigenvalue weighted by Crippen LogP contribution is -2.42. The third kappa shape index (κ3) is 2.77. The van der Waals surface area contributed by atoms with E-state index in [1.807, 2.05) is 11.7 Å². The third-order valence-corrected chi connectivity index (χ3v) is 3.91. The Morgan fingerprint density at radius 1 is 1.53 bits per heavy atom. The van der Waals surface area contributed by atoms with Gasteiger partial charge in [-0.25, -0.2) is 0 Å². The minimum Gasteiger partial charge on any atom is -0.391 e. The van der Waals surface area contributed by atoms with Crippen LogP contribution in [0.25, 0.3) is 0 Å². The highest BCUT2D eigenvalue weighted by Crippen LogP contribution is 2.23. The van der Waals surface area contributed by atoms with Crippen LogP contribution in [0.5, 0.6) is 0 Å². The summed E-state index contributed by atoms with van der Waals surface area (Å²) in [5.41, 5.74) is 1.86. The molecule has 1 aliphatic carbocycles. The van der Waals surface area contributed by atoms with E-state index in [0.717, 1.165) is 19.4 Å². The zero-order chi connectivity index (χ0) is 10.7. The topological polar surface area (TPSA) is 36.4 Å². The Morgan fingerprint density at radius 3 is 3.00 bits per heavy atom. The number of nitrogens with zero attached hydrogens (tertiary/aromatic N) is 2. The Kier molecular flexibility index (Phi) is 3.72. The van der Waals surface area contributed by atoms with E-state index >= 15 is 0 Å². The smallest absolute Gasteiger partial charge is 0.0794 e. The van der Waals surface area contributed by atoms with Crippen LogP contribution in [0.1, 0.15) is 30.6 Å². The van der Waals surface area contributed by atoms with Crippen LogP contribution < -0.4 is 0 Å². The third-order valence-electron chi connectivity index (χ3n) is 3.15. The van der Waals surface area contributed by atoms with E-state index in [2.05, 4.69) is 16.9 Å². The summed E-state index contributed by atoms with van der Waals surface area (Å²) in [6.07, 6.45) is 6.27. The molecule has 4 heteroatoms. The normalized spacial score (nSPS) is 27.1. The monoisotopic (exact) mass is 226 g/mol. The molecule has 1 aromatic rings. The molecule has 1 N–H and O–H groups in total. The number of aliphatic hydroxyl groups is 1. The highest BCUT2D eigenvalue weighted by atomic mass is 32.1. The minimum atomic E-state index is -0.142. The summed E-state index contributed by atoms with van der Waals surface area (Å²) < 4.78 is 0. The van der Waals surface area contributed by atoms with Gasteiger partial charge in [-0.3, -0.25) is 9.88 Å². The second kappa shape index (κ2) is 5.05. The van der Waals surface area contributed by atoms with E-state index in [1.165, 1.54) is 17.7 Å².